The van der Waals surface area contributed by atoms with Crippen molar-refractivity contribution in [2.75, 3.05) is 19.7 Å². The number of nitrogens with zero attached hydrogens (tertiary/aromatic N) is 3. The first-order valence-corrected chi connectivity index (χ1v) is 8.53. The zero-order chi connectivity index (χ0) is 17.1. The van der Waals surface area contributed by atoms with Crippen LogP contribution in [0, 0.1) is 0 Å². The van der Waals surface area contributed by atoms with E-state index in [2.05, 4.69) is 20.7 Å². The average Bonchev–Trinajstić information content (AvgIpc) is 3.12. The number of carbonyl (C=O) groups excluding carboxylic acids is 1. The highest BCUT2D eigenvalue weighted by Gasteiger charge is 2.22. The smallest absolute Gasteiger partial charge is 0.234 e. The lowest BCUT2D eigenvalue weighted by Gasteiger charge is -2.27. The molecule has 8 heteroatoms. The number of hydrogen-bond donors (Lipinski definition) is 2. The van der Waals surface area contributed by atoms with Crippen LogP contribution in [-0.2, 0) is 17.8 Å². The third-order valence-electron chi connectivity index (χ3n) is 4.45. The number of amides is 1. The average molecular weight is 343 g/mol. The summed E-state index contributed by atoms with van der Waals surface area (Å²) in [6.07, 6.45) is 3.24. The molecule has 2 N–H and O–H groups in total. The van der Waals surface area contributed by atoms with Crippen molar-refractivity contribution in [2.45, 2.75) is 31.5 Å². The van der Waals surface area contributed by atoms with Gasteiger partial charge in [0.25, 0.3) is 0 Å². The minimum atomic E-state index is -0.175. The number of benzene rings is 1. The molecule has 0 spiro atoms. The highest BCUT2D eigenvalue weighted by molar-refractivity contribution is 5.78. The summed E-state index contributed by atoms with van der Waals surface area (Å²) in [4.78, 5) is 16.3. The van der Waals surface area contributed by atoms with Gasteiger partial charge in [0.2, 0.25) is 5.91 Å². The van der Waals surface area contributed by atoms with Crippen molar-refractivity contribution < 1.29 is 14.3 Å². The van der Waals surface area contributed by atoms with Crippen molar-refractivity contribution in [3.8, 4) is 11.5 Å². The van der Waals surface area contributed by atoms with Gasteiger partial charge in [-0.05, 0) is 18.6 Å². The van der Waals surface area contributed by atoms with Gasteiger partial charge < -0.3 is 20.1 Å². The normalized spacial score (nSPS) is 21.4. The standard InChI is InChI=1S/C17H21N5O3/c23-17(8-18-12-5-6-16-20-11-21-22(16)9-12)19-7-13-10-24-14-3-1-2-4-15(14)25-13/h1-4,11-13,18H,5-10H2,(H,19,23)/t12-,13-/m1/s1. The molecule has 3 heterocycles. The van der Waals surface area contributed by atoms with Gasteiger partial charge in [0.05, 0.1) is 19.6 Å². The van der Waals surface area contributed by atoms with E-state index in [0.717, 1.165) is 36.7 Å². The Balaban J connectivity index is 1.19. The fraction of sp³-hybridized carbons (Fsp3) is 0.471. The maximum atomic E-state index is 12.1. The van der Waals surface area contributed by atoms with Crippen LogP contribution < -0.4 is 20.1 Å². The third kappa shape index (κ3) is 3.74. The second-order valence-electron chi connectivity index (χ2n) is 6.28. The van der Waals surface area contributed by atoms with Gasteiger partial charge in [0.1, 0.15) is 24.9 Å². The molecule has 0 bridgehead atoms. The third-order valence-corrected chi connectivity index (χ3v) is 4.45. The Kier molecular flexibility index (Phi) is 4.51. The number of hydrogen-bond acceptors (Lipinski definition) is 6. The van der Waals surface area contributed by atoms with Crippen LogP contribution in [-0.4, -0.2) is 52.5 Å². The molecule has 0 aliphatic carbocycles. The quantitative estimate of drug-likeness (QED) is 0.803. The summed E-state index contributed by atoms with van der Waals surface area (Å²) in [5.74, 6) is 2.43. The topological polar surface area (TPSA) is 90.3 Å². The molecular formula is C17H21N5O3. The Morgan fingerprint density at radius 1 is 1.32 bits per heavy atom. The van der Waals surface area contributed by atoms with Crippen LogP contribution in [0.1, 0.15) is 12.2 Å². The molecule has 1 aromatic heterocycles. The van der Waals surface area contributed by atoms with E-state index in [4.69, 9.17) is 9.47 Å². The fourth-order valence-corrected chi connectivity index (χ4v) is 3.10. The maximum Gasteiger partial charge on any atom is 0.234 e. The Labute approximate surface area is 145 Å². The van der Waals surface area contributed by atoms with E-state index < -0.39 is 0 Å². The van der Waals surface area contributed by atoms with Gasteiger partial charge in [-0.2, -0.15) is 5.10 Å². The summed E-state index contributed by atoms with van der Waals surface area (Å²) in [7, 11) is 0. The Morgan fingerprint density at radius 3 is 3.12 bits per heavy atom. The molecule has 1 amide bonds. The molecule has 2 aromatic rings. The van der Waals surface area contributed by atoms with E-state index in [1.807, 2.05) is 28.9 Å². The number of nitrogens with one attached hydrogen (secondary N) is 2. The van der Waals surface area contributed by atoms with Crippen LogP contribution >= 0.6 is 0 Å². The fourth-order valence-electron chi connectivity index (χ4n) is 3.10. The molecule has 2 aliphatic heterocycles. The minimum absolute atomic E-state index is 0.0492. The van der Waals surface area contributed by atoms with Gasteiger partial charge >= 0.3 is 0 Å². The number of ether oxygens (including phenoxy) is 2. The first-order chi connectivity index (χ1) is 12.3. The first kappa shape index (κ1) is 15.9. The summed E-state index contributed by atoms with van der Waals surface area (Å²) in [5, 5.41) is 10.4. The minimum Gasteiger partial charge on any atom is -0.486 e. The number of carbonyl (C=O) groups is 1. The number of aromatic nitrogens is 3. The predicted molar refractivity (Wildman–Crippen MR) is 89.5 cm³/mol. The molecule has 4 rings (SSSR count). The molecule has 0 saturated carbocycles. The molecule has 25 heavy (non-hydrogen) atoms. The van der Waals surface area contributed by atoms with Crippen molar-refractivity contribution in [3.05, 3.63) is 36.4 Å². The lowest BCUT2D eigenvalue weighted by molar-refractivity contribution is -0.120. The largest absolute Gasteiger partial charge is 0.486 e. The zero-order valence-electron chi connectivity index (χ0n) is 13.9. The Morgan fingerprint density at radius 2 is 2.20 bits per heavy atom. The van der Waals surface area contributed by atoms with Gasteiger partial charge in [0, 0.05) is 12.5 Å². The molecule has 132 valence electrons. The van der Waals surface area contributed by atoms with Crippen molar-refractivity contribution in [2.24, 2.45) is 0 Å². The lowest BCUT2D eigenvalue weighted by Crippen LogP contribution is -2.46. The molecule has 2 aliphatic rings. The van der Waals surface area contributed by atoms with Gasteiger partial charge in [-0.3, -0.25) is 4.79 Å². The zero-order valence-corrected chi connectivity index (χ0v) is 13.9. The van der Waals surface area contributed by atoms with Crippen LogP contribution in [0.25, 0.3) is 0 Å². The highest BCUT2D eigenvalue weighted by atomic mass is 16.6. The Bertz CT molecular complexity index is 747. The molecule has 0 unspecified atom stereocenters. The van der Waals surface area contributed by atoms with Crippen LogP contribution in [0.3, 0.4) is 0 Å². The van der Waals surface area contributed by atoms with E-state index in [1.165, 1.54) is 0 Å². The van der Waals surface area contributed by atoms with E-state index >= 15 is 0 Å². The van der Waals surface area contributed by atoms with Gasteiger partial charge in [0.15, 0.2) is 11.5 Å². The second-order valence-corrected chi connectivity index (χ2v) is 6.28. The molecule has 0 saturated heterocycles. The summed E-state index contributed by atoms with van der Waals surface area (Å²) < 4.78 is 13.4. The van der Waals surface area contributed by atoms with Crippen molar-refractivity contribution in [1.29, 1.82) is 0 Å². The second kappa shape index (κ2) is 7.10. The van der Waals surface area contributed by atoms with Crippen molar-refractivity contribution >= 4 is 5.91 Å². The molecule has 1 aromatic carbocycles. The van der Waals surface area contributed by atoms with E-state index in [1.54, 1.807) is 6.33 Å². The number of para-hydroxylation sites is 2. The summed E-state index contributed by atoms with van der Waals surface area (Å²) in [6, 6.07) is 7.79. The van der Waals surface area contributed by atoms with Gasteiger partial charge in [-0.15, -0.1) is 0 Å². The molecule has 0 fully saturated rings. The monoisotopic (exact) mass is 343 g/mol. The molecule has 0 radical (unpaired) electrons. The maximum absolute atomic E-state index is 12.1. The predicted octanol–water partition coefficient (Wildman–Crippen LogP) is 0.139. The van der Waals surface area contributed by atoms with E-state index in [-0.39, 0.29) is 24.6 Å². The van der Waals surface area contributed by atoms with Crippen LogP contribution in [0.2, 0.25) is 0 Å². The van der Waals surface area contributed by atoms with Crippen molar-refractivity contribution in [1.82, 2.24) is 25.4 Å². The highest BCUT2D eigenvalue weighted by Crippen LogP contribution is 2.30. The number of fused-ring (bicyclic) bond motifs is 2. The van der Waals surface area contributed by atoms with E-state index in [9.17, 15) is 4.79 Å². The van der Waals surface area contributed by atoms with Crippen LogP contribution in [0.5, 0.6) is 11.5 Å². The summed E-state index contributed by atoms with van der Waals surface area (Å²) >= 11 is 0. The van der Waals surface area contributed by atoms with Gasteiger partial charge in [-0.25, -0.2) is 9.67 Å². The summed E-state index contributed by atoms with van der Waals surface area (Å²) in [6.45, 7) is 1.88. The number of aryl methyl sites for hydroxylation is 1. The Hall–Kier alpha value is -2.61. The first-order valence-electron chi connectivity index (χ1n) is 8.53. The number of rotatable bonds is 5. The molecule has 8 nitrogen and oxygen atoms in total. The van der Waals surface area contributed by atoms with Crippen molar-refractivity contribution in [3.63, 3.8) is 0 Å². The molecular weight excluding hydrogens is 322 g/mol. The van der Waals surface area contributed by atoms with Crippen LogP contribution in [0.4, 0.5) is 0 Å². The van der Waals surface area contributed by atoms with Gasteiger partial charge in [-0.1, -0.05) is 12.1 Å². The summed E-state index contributed by atoms with van der Waals surface area (Å²) in [5.41, 5.74) is 0. The lowest BCUT2D eigenvalue weighted by atomic mass is 10.1. The van der Waals surface area contributed by atoms with Crippen LogP contribution in [0.15, 0.2) is 30.6 Å². The van der Waals surface area contributed by atoms with E-state index in [0.29, 0.717) is 13.2 Å². The molecule has 2 atom stereocenters. The SMILES string of the molecule is O=C(CN[C@@H]1CCc2ncnn2C1)NC[C@@H]1COc2ccccc2O1.